The van der Waals surface area contributed by atoms with Crippen LogP contribution in [0.4, 0.5) is 22.7 Å². The number of alkyl halides is 1. The molecule has 2 aromatic rings. The summed E-state index contributed by atoms with van der Waals surface area (Å²) in [5.41, 5.74) is 17.8. The van der Waals surface area contributed by atoms with Gasteiger partial charge in [-0.2, -0.15) is 4.58 Å². The number of fused-ring (bicyclic) bond motifs is 2. The predicted molar refractivity (Wildman–Crippen MR) is 104 cm³/mol. The van der Waals surface area contributed by atoms with Crippen molar-refractivity contribution in [1.82, 2.24) is 4.58 Å². The molecule has 0 radical (unpaired) electrons. The summed E-state index contributed by atoms with van der Waals surface area (Å²) in [6, 6.07) is 16.3. The van der Waals surface area contributed by atoms with E-state index in [1.807, 2.05) is 48.6 Å². The molecule has 0 saturated heterocycles. The van der Waals surface area contributed by atoms with E-state index in [0.29, 0.717) is 0 Å². The summed E-state index contributed by atoms with van der Waals surface area (Å²) in [6.07, 6.45) is 7.50. The van der Waals surface area contributed by atoms with Crippen LogP contribution in [-0.2, 0) is 0 Å². The van der Waals surface area contributed by atoms with Crippen molar-refractivity contribution < 1.29 is 0 Å². The van der Waals surface area contributed by atoms with E-state index in [1.54, 1.807) is 0 Å². The standard InChI is InChI=1S/C18H16N4.CH3Cl/c19-12-6-8-15-17(10-12)22(14-4-2-1-3-5-14)18-11-13(20)7-9-16(18)21-15;1-2/h1-11,15,19,21H,20H2;1H3/p+1. The summed E-state index contributed by atoms with van der Waals surface area (Å²) in [4.78, 5) is 0. The van der Waals surface area contributed by atoms with Crippen LogP contribution in [0.2, 0.25) is 0 Å². The van der Waals surface area contributed by atoms with Gasteiger partial charge in [0.1, 0.15) is 11.7 Å². The lowest BCUT2D eigenvalue weighted by molar-refractivity contribution is 0.981. The first-order valence-corrected chi connectivity index (χ1v) is 8.39. The minimum Gasteiger partial charge on any atom is -0.399 e. The van der Waals surface area contributed by atoms with Gasteiger partial charge in [0.05, 0.1) is 0 Å². The second kappa shape index (κ2) is 6.81. The number of anilines is 2. The Morgan fingerprint density at radius 3 is 2.54 bits per heavy atom. The van der Waals surface area contributed by atoms with Gasteiger partial charge in [-0.05, 0) is 24.3 Å². The number of hydrogen-bond donors (Lipinski definition) is 3. The lowest BCUT2D eigenvalue weighted by atomic mass is 9.99. The lowest BCUT2D eigenvalue weighted by Crippen LogP contribution is -2.39. The third kappa shape index (κ3) is 2.88. The predicted octanol–water partition coefficient (Wildman–Crippen LogP) is 3.61. The van der Waals surface area contributed by atoms with Crippen LogP contribution in [0.15, 0.2) is 72.5 Å². The highest BCUT2D eigenvalue weighted by Crippen LogP contribution is 2.35. The first kappa shape index (κ1) is 16.1. The van der Waals surface area contributed by atoms with Gasteiger partial charge in [0.2, 0.25) is 17.1 Å². The van der Waals surface area contributed by atoms with E-state index in [0.717, 1.165) is 34.2 Å². The third-order valence-corrected chi connectivity index (χ3v) is 3.96. The Labute approximate surface area is 146 Å². The van der Waals surface area contributed by atoms with E-state index in [-0.39, 0.29) is 6.04 Å². The van der Waals surface area contributed by atoms with Crippen LogP contribution in [-0.4, -0.2) is 18.1 Å². The zero-order valence-electron chi connectivity index (χ0n) is 13.4. The number of nitrogens with zero attached hydrogens (tertiary/aromatic N) is 1. The van der Waals surface area contributed by atoms with E-state index >= 15 is 0 Å². The summed E-state index contributed by atoms with van der Waals surface area (Å²) < 4.78 is 2.21. The van der Waals surface area contributed by atoms with E-state index in [4.69, 9.17) is 11.5 Å². The molecule has 1 aliphatic heterocycles. The van der Waals surface area contributed by atoms with Crippen molar-refractivity contribution in [1.29, 1.82) is 0 Å². The maximum Gasteiger partial charge on any atom is 0.236 e. The molecule has 1 unspecified atom stereocenters. The molecule has 2 aliphatic rings. The quantitative estimate of drug-likeness (QED) is 0.422. The van der Waals surface area contributed by atoms with Crippen LogP contribution in [0, 0.1) is 0 Å². The Bertz CT molecular complexity index is 838. The molecule has 5 N–H and O–H groups in total. The molecule has 4 rings (SSSR count). The number of halogens is 1. The molecule has 1 aliphatic carbocycles. The van der Waals surface area contributed by atoms with Crippen molar-refractivity contribution >= 4 is 40.1 Å². The SMILES string of the molecule is CCl.NC1=CC2=[N+](c3ccccc3)c3cc(N)ccc3NC2C=C1. The molecule has 24 heavy (non-hydrogen) atoms. The highest BCUT2D eigenvalue weighted by Gasteiger charge is 2.34. The van der Waals surface area contributed by atoms with Crippen LogP contribution < -0.4 is 21.4 Å². The summed E-state index contributed by atoms with van der Waals surface area (Å²) in [7, 11) is 0. The molecule has 0 aromatic heterocycles. The van der Waals surface area contributed by atoms with Crippen molar-refractivity contribution in [2.45, 2.75) is 6.04 Å². The molecule has 122 valence electrons. The Balaban J connectivity index is 0.000000815. The average molecular weight is 340 g/mol. The van der Waals surface area contributed by atoms with Gasteiger partial charge in [-0.15, -0.1) is 11.6 Å². The van der Waals surface area contributed by atoms with Crippen molar-refractivity contribution in [3.63, 3.8) is 0 Å². The topological polar surface area (TPSA) is 67.1 Å². The number of hydrogen-bond acceptors (Lipinski definition) is 3. The van der Waals surface area contributed by atoms with Gasteiger partial charge < -0.3 is 16.8 Å². The molecule has 0 spiro atoms. The van der Waals surface area contributed by atoms with Crippen molar-refractivity contribution in [2.24, 2.45) is 5.73 Å². The molecule has 5 heteroatoms. The van der Waals surface area contributed by atoms with Crippen molar-refractivity contribution in [3.8, 4) is 0 Å². The van der Waals surface area contributed by atoms with Gasteiger partial charge in [0.25, 0.3) is 0 Å². The van der Waals surface area contributed by atoms with Crippen molar-refractivity contribution in [3.05, 3.63) is 72.5 Å². The number of rotatable bonds is 1. The number of nitrogens with one attached hydrogen (secondary N) is 1. The van der Waals surface area contributed by atoms with Crippen LogP contribution >= 0.6 is 11.6 Å². The first-order chi connectivity index (χ1) is 11.7. The van der Waals surface area contributed by atoms with E-state index in [1.165, 1.54) is 6.38 Å². The Morgan fingerprint density at radius 1 is 1.04 bits per heavy atom. The fraction of sp³-hybridized carbons (Fsp3) is 0.105. The summed E-state index contributed by atoms with van der Waals surface area (Å²) >= 11 is 4.64. The van der Waals surface area contributed by atoms with Crippen LogP contribution in [0.25, 0.3) is 0 Å². The van der Waals surface area contributed by atoms with E-state index in [2.05, 4.69) is 39.7 Å². The van der Waals surface area contributed by atoms with Crippen LogP contribution in [0.5, 0.6) is 0 Å². The molecule has 2 aromatic carbocycles. The average Bonchev–Trinajstić information content (AvgIpc) is 2.62. The largest absolute Gasteiger partial charge is 0.399 e. The molecule has 0 fully saturated rings. The molecule has 0 saturated carbocycles. The molecular formula is C19H20ClN4+. The summed E-state index contributed by atoms with van der Waals surface area (Å²) in [5, 5.41) is 3.53. The van der Waals surface area contributed by atoms with E-state index < -0.39 is 0 Å². The van der Waals surface area contributed by atoms with Crippen LogP contribution in [0.3, 0.4) is 0 Å². The minimum absolute atomic E-state index is 0.101. The number of allylic oxidation sites excluding steroid dienone is 1. The first-order valence-electron chi connectivity index (χ1n) is 7.63. The smallest absolute Gasteiger partial charge is 0.236 e. The third-order valence-electron chi connectivity index (χ3n) is 3.96. The number of nitrogens with two attached hydrogens (primary N) is 2. The molecular weight excluding hydrogens is 320 g/mol. The van der Waals surface area contributed by atoms with Gasteiger partial charge in [0, 0.05) is 42.0 Å². The molecule has 1 atom stereocenters. The molecule has 4 nitrogen and oxygen atoms in total. The van der Waals surface area contributed by atoms with Gasteiger partial charge in [-0.1, -0.05) is 18.2 Å². The zero-order chi connectivity index (χ0) is 17.1. The minimum atomic E-state index is 0.101. The molecule has 1 heterocycles. The van der Waals surface area contributed by atoms with Crippen molar-refractivity contribution in [2.75, 3.05) is 17.4 Å². The van der Waals surface area contributed by atoms with Gasteiger partial charge in [-0.25, -0.2) is 0 Å². The fourth-order valence-corrected chi connectivity index (χ4v) is 2.97. The highest BCUT2D eigenvalue weighted by atomic mass is 35.5. The normalized spacial score (nSPS) is 17.8. The number of benzene rings is 2. The van der Waals surface area contributed by atoms with Crippen LogP contribution in [0.1, 0.15) is 0 Å². The van der Waals surface area contributed by atoms with Gasteiger partial charge >= 0.3 is 0 Å². The maximum atomic E-state index is 6.01. The van der Waals surface area contributed by atoms with E-state index in [9.17, 15) is 0 Å². The molecule has 0 bridgehead atoms. The Kier molecular flexibility index (Phi) is 4.58. The number of nitrogen functional groups attached to an aromatic ring is 1. The second-order valence-corrected chi connectivity index (χ2v) is 5.50. The second-order valence-electron chi connectivity index (χ2n) is 5.50. The maximum absolute atomic E-state index is 6.01. The Morgan fingerprint density at radius 2 is 1.79 bits per heavy atom. The summed E-state index contributed by atoms with van der Waals surface area (Å²) in [6.45, 7) is 0. The summed E-state index contributed by atoms with van der Waals surface area (Å²) in [5.74, 6) is 0. The van der Waals surface area contributed by atoms with Gasteiger partial charge in [0.15, 0.2) is 0 Å². The Hall–Kier alpha value is -2.72. The number of para-hydroxylation sites is 1. The zero-order valence-corrected chi connectivity index (χ0v) is 14.2. The fourth-order valence-electron chi connectivity index (χ4n) is 2.97. The lowest BCUT2D eigenvalue weighted by Gasteiger charge is -2.25. The van der Waals surface area contributed by atoms with Gasteiger partial charge in [-0.3, -0.25) is 0 Å². The monoisotopic (exact) mass is 339 g/mol. The molecule has 0 amide bonds. The highest BCUT2D eigenvalue weighted by molar-refractivity contribution is 6.15.